The minimum absolute atomic E-state index is 0.0226. The highest BCUT2D eigenvalue weighted by molar-refractivity contribution is 5.40. The van der Waals surface area contributed by atoms with Gasteiger partial charge in [-0.2, -0.15) is 0 Å². The fraction of sp³-hybridized carbons (Fsp3) is 0.273. The van der Waals surface area contributed by atoms with Gasteiger partial charge in [-0.05, 0) is 25.5 Å². The molecule has 0 heterocycles. The Kier molecular flexibility index (Phi) is 2.40. The Balaban J connectivity index is 3.11. The predicted molar refractivity (Wildman–Crippen MR) is 50.1 cm³/mol. The Labute approximate surface area is 73.0 Å². The van der Waals surface area contributed by atoms with Gasteiger partial charge in [-0.3, -0.25) is 0 Å². The Morgan fingerprint density at radius 2 is 2.17 bits per heavy atom. The first-order valence-corrected chi connectivity index (χ1v) is 3.91. The number of hydrogen-bond donors (Lipinski definition) is 1. The largest absolute Gasteiger partial charge is 0.508 e. The maximum atomic E-state index is 9.50. The number of benzene rings is 1. The molecule has 62 valence electrons. The smallest absolute Gasteiger partial charge is 0.120 e. The molecule has 1 aromatic carbocycles. The molecule has 0 saturated carbocycles. The van der Waals surface area contributed by atoms with Crippen molar-refractivity contribution in [2.24, 2.45) is 0 Å². The lowest BCUT2D eigenvalue weighted by molar-refractivity contribution is 0.467. The van der Waals surface area contributed by atoms with Crippen LogP contribution in [-0.4, -0.2) is 5.11 Å². The molecule has 1 heteroatoms. The molecule has 1 nitrogen and oxygen atoms in total. The monoisotopic (exact) mass is 160 g/mol. The lowest BCUT2D eigenvalue weighted by atomic mass is 10.00. The summed E-state index contributed by atoms with van der Waals surface area (Å²) in [5.74, 6) is 2.85. The SMILES string of the molecule is C#CC(C)c1ccc(C)cc1O. The van der Waals surface area contributed by atoms with Crippen molar-refractivity contribution in [2.75, 3.05) is 0 Å². The normalized spacial score (nSPS) is 12.1. The minimum Gasteiger partial charge on any atom is -0.508 e. The van der Waals surface area contributed by atoms with Crippen LogP contribution >= 0.6 is 0 Å². The summed E-state index contributed by atoms with van der Waals surface area (Å²) in [4.78, 5) is 0. The minimum atomic E-state index is -0.0226. The molecule has 0 aliphatic carbocycles. The number of phenolic OH excluding ortho intramolecular Hbond substituents is 1. The average molecular weight is 160 g/mol. The van der Waals surface area contributed by atoms with Gasteiger partial charge >= 0.3 is 0 Å². The van der Waals surface area contributed by atoms with Gasteiger partial charge in [0.05, 0.1) is 0 Å². The summed E-state index contributed by atoms with van der Waals surface area (Å²) in [5, 5.41) is 9.50. The molecule has 0 saturated heterocycles. The number of rotatable bonds is 1. The van der Waals surface area contributed by atoms with Crippen LogP contribution < -0.4 is 0 Å². The van der Waals surface area contributed by atoms with E-state index in [1.165, 1.54) is 0 Å². The van der Waals surface area contributed by atoms with Gasteiger partial charge in [-0.15, -0.1) is 6.42 Å². The molecular formula is C11H12O. The molecule has 1 aromatic rings. The van der Waals surface area contributed by atoms with Crippen molar-refractivity contribution in [3.63, 3.8) is 0 Å². The lowest BCUT2D eigenvalue weighted by Gasteiger charge is -2.07. The molecule has 1 atom stereocenters. The van der Waals surface area contributed by atoms with E-state index in [2.05, 4.69) is 5.92 Å². The lowest BCUT2D eigenvalue weighted by Crippen LogP contribution is -1.90. The van der Waals surface area contributed by atoms with Crippen molar-refractivity contribution in [1.82, 2.24) is 0 Å². The Morgan fingerprint density at radius 3 is 2.67 bits per heavy atom. The van der Waals surface area contributed by atoms with Gasteiger partial charge in [0.15, 0.2) is 0 Å². The number of aryl methyl sites for hydroxylation is 1. The Hall–Kier alpha value is -1.42. The molecule has 0 aliphatic rings. The van der Waals surface area contributed by atoms with E-state index in [1.54, 1.807) is 6.07 Å². The standard InChI is InChI=1S/C11H12O/c1-4-9(3)10-6-5-8(2)7-11(10)12/h1,5-7,9,12H,2-3H3. The van der Waals surface area contributed by atoms with Crippen molar-refractivity contribution >= 4 is 0 Å². The average Bonchev–Trinajstić information content (AvgIpc) is 2.03. The second-order valence-electron chi connectivity index (χ2n) is 2.95. The fourth-order valence-electron chi connectivity index (χ4n) is 1.11. The summed E-state index contributed by atoms with van der Waals surface area (Å²) < 4.78 is 0. The molecule has 0 aliphatic heterocycles. The van der Waals surface area contributed by atoms with Crippen molar-refractivity contribution in [3.05, 3.63) is 29.3 Å². The van der Waals surface area contributed by atoms with Crippen LogP contribution in [-0.2, 0) is 0 Å². The number of aromatic hydroxyl groups is 1. The fourth-order valence-corrected chi connectivity index (χ4v) is 1.11. The van der Waals surface area contributed by atoms with Crippen LogP contribution in [0.3, 0.4) is 0 Å². The molecule has 12 heavy (non-hydrogen) atoms. The molecule has 1 N–H and O–H groups in total. The van der Waals surface area contributed by atoms with Crippen LogP contribution in [0, 0.1) is 19.3 Å². The maximum Gasteiger partial charge on any atom is 0.120 e. The van der Waals surface area contributed by atoms with Gasteiger partial charge < -0.3 is 5.11 Å². The summed E-state index contributed by atoms with van der Waals surface area (Å²) >= 11 is 0. The first-order chi connectivity index (χ1) is 5.65. The maximum absolute atomic E-state index is 9.50. The first-order valence-electron chi connectivity index (χ1n) is 3.91. The van der Waals surface area contributed by atoms with Crippen LogP contribution in [0.5, 0.6) is 5.75 Å². The van der Waals surface area contributed by atoms with Crippen molar-refractivity contribution in [2.45, 2.75) is 19.8 Å². The topological polar surface area (TPSA) is 20.2 Å². The summed E-state index contributed by atoms with van der Waals surface area (Å²) in [7, 11) is 0. The van der Waals surface area contributed by atoms with E-state index >= 15 is 0 Å². The van der Waals surface area contributed by atoms with E-state index < -0.39 is 0 Å². The zero-order chi connectivity index (χ0) is 9.14. The molecule has 0 spiro atoms. The van der Waals surface area contributed by atoms with Crippen molar-refractivity contribution < 1.29 is 5.11 Å². The van der Waals surface area contributed by atoms with Gasteiger partial charge in [-0.1, -0.05) is 18.1 Å². The van der Waals surface area contributed by atoms with E-state index in [0.29, 0.717) is 5.75 Å². The highest BCUT2D eigenvalue weighted by Crippen LogP contribution is 2.25. The number of phenols is 1. The molecule has 1 unspecified atom stereocenters. The quantitative estimate of drug-likeness (QED) is 0.625. The van der Waals surface area contributed by atoms with Gasteiger partial charge in [0.25, 0.3) is 0 Å². The molecule has 1 rings (SSSR count). The second-order valence-corrected chi connectivity index (χ2v) is 2.95. The van der Waals surface area contributed by atoms with Gasteiger partial charge in [-0.25, -0.2) is 0 Å². The Morgan fingerprint density at radius 1 is 1.50 bits per heavy atom. The molecule has 0 bridgehead atoms. The second kappa shape index (κ2) is 3.32. The summed E-state index contributed by atoms with van der Waals surface area (Å²) in [6, 6.07) is 5.54. The predicted octanol–water partition coefficient (Wildman–Crippen LogP) is 2.44. The van der Waals surface area contributed by atoms with Crippen LogP contribution in [0.1, 0.15) is 24.0 Å². The molecule has 0 aromatic heterocycles. The third-order valence-corrected chi connectivity index (χ3v) is 1.90. The van der Waals surface area contributed by atoms with E-state index in [9.17, 15) is 5.11 Å². The zero-order valence-corrected chi connectivity index (χ0v) is 7.33. The van der Waals surface area contributed by atoms with Crippen LogP contribution in [0.15, 0.2) is 18.2 Å². The molecule has 0 fully saturated rings. The van der Waals surface area contributed by atoms with Gasteiger partial charge in [0.2, 0.25) is 0 Å². The number of terminal acetylenes is 1. The van der Waals surface area contributed by atoms with Crippen molar-refractivity contribution in [1.29, 1.82) is 0 Å². The van der Waals surface area contributed by atoms with Gasteiger partial charge in [0.1, 0.15) is 5.75 Å². The van der Waals surface area contributed by atoms with E-state index in [-0.39, 0.29) is 5.92 Å². The molecule has 0 radical (unpaired) electrons. The Bertz CT molecular complexity index is 320. The summed E-state index contributed by atoms with van der Waals surface area (Å²) in [5.41, 5.74) is 1.86. The van der Waals surface area contributed by atoms with Gasteiger partial charge in [0, 0.05) is 11.5 Å². The molecular weight excluding hydrogens is 148 g/mol. The third kappa shape index (κ3) is 1.60. The van der Waals surface area contributed by atoms with Crippen LogP contribution in [0.2, 0.25) is 0 Å². The van der Waals surface area contributed by atoms with E-state index in [4.69, 9.17) is 6.42 Å². The summed E-state index contributed by atoms with van der Waals surface area (Å²) in [6.07, 6.45) is 5.25. The first kappa shape index (κ1) is 8.67. The van der Waals surface area contributed by atoms with E-state index in [0.717, 1.165) is 11.1 Å². The summed E-state index contributed by atoms with van der Waals surface area (Å²) in [6.45, 7) is 3.83. The van der Waals surface area contributed by atoms with Crippen LogP contribution in [0.4, 0.5) is 0 Å². The van der Waals surface area contributed by atoms with Crippen molar-refractivity contribution in [3.8, 4) is 18.1 Å². The highest BCUT2D eigenvalue weighted by Gasteiger charge is 2.06. The number of hydrogen-bond acceptors (Lipinski definition) is 1. The molecule has 0 amide bonds. The third-order valence-electron chi connectivity index (χ3n) is 1.90. The van der Waals surface area contributed by atoms with E-state index in [1.807, 2.05) is 26.0 Å². The van der Waals surface area contributed by atoms with Crippen LogP contribution in [0.25, 0.3) is 0 Å². The highest BCUT2D eigenvalue weighted by atomic mass is 16.3. The zero-order valence-electron chi connectivity index (χ0n) is 7.33.